The average Bonchev–Trinajstić information content (AvgIpc) is 3.32. The van der Waals surface area contributed by atoms with E-state index in [2.05, 4.69) is 35.9 Å². The topological polar surface area (TPSA) is 208 Å². The van der Waals surface area contributed by atoms with E-state index in [9.17, 15) is 4.57 Å². The van der Waals surface area contributed by atoms with Crippen LogP contribution < -0.4 is 44.8 Å². The number of nitrogens with one attached hydrogen (secondary N) is 1. The van der Waals surface area contributed by atoms with Crippen molar-refractivity contribution in [3.05, 3.63) is 172 Å². The number of aromatic hydroxyl groups is 1. The minimum Gasteiger partial charge on any atom is -0.508 e. The van der Waals surface area contributed by atoms with Crippen LogP contribution in [-0.4, -0.2) is 77.5 Å². The van der Waals surface area contributed by atoms with Gasteiger partial charge in [-0.3, -0.25) is 0 Å². The molecule has 4 N–H and O–H groups in total. The van der Waals surface area contributed by atoms with Gasteiger partial charge in [-0.2, -0.15) is 15.3 Å². The molecule has 0 bridgehead atoms. The first kappa shape index (κ1) is 56.2. The number of aromatic nitrogens is 6. The maximum atomic E-state index is 12.1. The number of rotatable bonds is 11. The highest BCUT2D eigenvalue weighted by Gasteiger charge is 2.11. The number of anilines is 3. The zero-order valence-electron chi connectivity index (χ0n) is 40.4. The maximum absolute atomic E-state index is 12.1. The van der Waals surface area contributed by atoms with E-state index in [4.69, 9.17) is 74.1 Å². The maximum Gasteiger partial charge on any atom is 0.156 e. The number of hydrogen-bond donors (Lipinski definition) is 3. The quantitative estimate of drug-likeness (QED) is 0.0813. The number of ether oxygens (including phenoxy) is 6. The molecular weight excluding hydrogens is 990 g/mol. The predicted molar refractivity (Wildman–Crippen MR) is 282 cm³/mol. The molecule has 3 heterocycles. The second-order valence-electron chi connectivity index (χ2n) is 15.3. The summed E-state index contributed by atoms with van der Waals surface area (Å²) in [5, 5.41) is 36.4. The number of phenols is 1. The van der Waals surface area contributed by atoms with E-state index < -0.39 is 7.14 Å². The molecule has 0 unspecified atom stereocenters. The van der Waals surface area contributed by atoms with Gasteiger partial charge in [-0.05, 0) is 99.8 Å². The molecule has 0 amide bonds. The summed E-state index contributed by atoms with van der Waals surface area (Å²) in [4.78, 5) is 0. The minimum atomic E-state index is -2.28. The number of aryl methyl sites for hydroxylation is 3. The fraction of sp³-hybridized carbons (Fsp3) is 0.176. The van der Waals surface area contributed by atoms with Gasteiger partial charge in [0.05, 0.1) is 52.1 Å². The highest BCUT2D eigenvalue weighted by molar-refractivity contribution is 7.70. The molecule has 8 rings (SSSR count). The van der Waals surface area contributed by atoms with Crippen molar-refractivity contribution in [3.8, 4) is 51.7 Å². The third kappa shape index (κ3) is 21.0. The number of hydrogen-bond acceptors (Lipinski definition) is 16. The molecule has 0 aliphatic heterocycles. The SMILES string of the molecule is COc1cc(OC)cc(Oc2cnnc(Cl)c2)c1.COc1cc(OC)cc(Oc2cnnc(Nc3ccc(P(C)(C)=O)cc3)c2)c1.Cc1cc(C)cc(O)c1.Cc1ccc(N)cc1.Clc1cnnc(Cl)c1. The van der Waals surface area contributed by atoms with Gasteiger partial charge in [-0.25, -0.2) is 0 Å². The van der Waals surface area contributed by atoms with E-state index in [1.165, 1.54) is 30.2 Å². The van der Waals surface area contributed by atoms with E-state index in [0.29, 0.717) is 67.7 Å². The lowest BCUT2D eigenvalue weighted by Gasteiger charge is -2.11. The molecule has 0 aliphatic rings. The Hall–Kier alpha value is -7.36. The number of halogens is 3. The molecule has 0 fully saturated rings. The lowest BCUT2D eigenvalue weighted by atomic mass is 10.1. The second-order valence-corrected chi connectivity index (χ2v) is 19.7. The van der Waals surface area contributed by atoms with Crippen LogP contribution in [0.3, 0.4) is 0 Å². The third-order valence-electron chi connectivity index (χ3n) is 8.99. The Balaban J connectivity index is 0.000000215. The molecule has 0 saturated carbocycles. The van der Waals surface area contributed by atoms with E-state index in [-0.39, 0.29) is 5.15 Å². The van der Waals surface area contributed by atoms with Crippen LogP contribution in [0.1, 0.15) is 16.7 Å². The number of nitrogen functional groups attached to an aromatic ring is 1. The number of methoxy groups -OCH3 is 4. The van der Waals surface area contributed by atoms with Gasteiger partial charge < -0.3 is 49.1 Å². The average molecular weight is 1040 g/mol. The first-order chi connectivity index (χ1) is 33.8. The first-order valence-electron chi connectivity index (χ1n) is 21.1. The minimum absolute atomic E-state index is 0.266. The Morgan fingerprint density at radius 2 is 0.944 bits per heavy atom. The highest BCUT2D eigenvalue weighted by Crippen LogP contribution is 2.35. The van der Waals surface area contributed by atoms with Crippen molar-refractivity contribution >= 4 is 64.4 Å². The van der Waals surface area contributed by atoms with Gasteiger partial charge in [0.2, 0.25) is 0 Å². The van der Waals surface area contributed by atoms with E-state index in [1.807, 2.05) is 75.4 Å². The fourth-order valence-corrected chi connectivity index (χ4v) is 7.07. The molecule has 16 nitrogen and oxygen atoms in total. The Kier molecular flexibility index (Phi) is 22.4. The molecule has 8 aromatic rings. The molecule has 0 saturated heterocycles. The molecule has 0 atom stereocenters. The van der Waals surface area contributed by atoms with Gasteiger partial charge >= 0.3 is 0 Å². The molecule has 3 aromatic heterocycles. The van der Waals surface area contributed by atoms with Crippen LogP contribution in [0.2, 0.25) is 15.3 Å². The first-order valence-corrected chi connectivity index (χ1v) is 24.9. The van der Waals surface area contributed by atoms with Crippen molar-refractivity contribution in [2.75, 3.05) is 52.8 Å². The molecule has 71 heavy (non-hydrogen) atoms. The number of nitrogens with zero attached hydrogens (tertiary/aromatic N) is 6. The molecule has 0 radical (unpaired) electrons. The Labute approximate surface area is 428 Å². The van der Waals surface area contributed by atoms with Crippen molar-refractivity contribution in [1.82, 2.24) is 30.6 Å². The number of benzene rings is 5. The number of phenolic OH excluding ortho intramolecular Hbond substituents is 1. The Morgan fingerprint density at radius 1 is 0.507 bits per heavy atom. The molecule has 5 aromatic carbocycles. The lowest BCUT2D eigenvalue weighted by molar-refractivity contribution is 0.386. The molecule has 20 heteroatoms. The normalized spacial score (nSPS) is 10.1. The van der Waals surface area contributed by atoms with Crippen LogP contribution in [-0.2, 0) is 4.57 Å². The van der Waals surface area contributed by atoms with Crippen LogP contribution in [0.15, 0.2) is 140 Å². The zero-order chi connectivity index (χ0) is 51.9. The summed E-state index contributed by atoms with van der Waals surface area (Å²) in [6.45, 7) is 9.46. The highest BCUT2D eigenvalue weighted by atomic mass is 35.5. The lowest BCUT2D eigenvalue weighted by Crippen LogP contribution is -2.03. The summed E-state index contributed by atoms with van der Waals surface area (Å²) in [7, 11) is 4.03. The summed E-state index contributed by atoms with van der Waals surface area (Å²) in [5.74, 6) is 5.52. The van der Waals surface area contributed by atoms with Gasteiger partial charge in [-0.15, -0.1) is 15.3 Å². The van der Waals surface area contributed by atoms with Gasteiger partial charge in [-0.1, -0.05) is 58.6 Å². The summed E-state index contributed by atoms with van der Waals surface area (Å²) >= 11 is 16.6. The fourth-order valence-electron chi connectivity index (χ4n) is 5.69. The second kappa shape index (κ2) is 28.3. The van der Waals surface area contributed by atoms with Gasteiger partial charge in [0.15, 0.2) is 27.6 Å². The van der Waals surface area contributed by atoms with E-state index in [0.717, 1.165) is 27.8 Å². The van der Waals surface area contributed by atoms with Crippen LogP contribution in [0.4, 0.5) is 17.2 Å². The van der Waals surface area contributed by atoms with Crippen LogP contribution in [0.25, 0.3) is 0 Å². The summed E-state index contributed by atoms with van der Waals surface area (Å²) < 4.78 is 44.4. The number of nitrogens with two attached hydrogens (primary N) is 1. The van der Waals surface area contributed by atoms with Crippen LogP contribution in [0.5, 0.6) is 51.7 Å². The van der Waals surface area contributed by atoms with Crippen molar-refractivity contribution in [2.45, 2.75) is 20.8 Å². The van der Waals surface area contributed by atoms with Crippen molar-refractivity contribution in [2.24, 2.45) is 0 Å². The van der Waals surface area contributed by atoms with Gasteiger partial charge in [0, 0.05) is 65.2 Å². The molecular formula is C51H54Cl3N8O8P. The monoisotopic (exact) mass is 1040 g/mol. The van der Waals surface area contributed by atoms with Crippen LogP contribution in [0, 0.1) is 20.8 Å². The van der Waals surface area contributed by atoms with E-state index >= 15 is 0 Å². The zero-order valence-corrected chi connectivity index (χ0v) is 43.6. The van der Waals surface area contributed by atoms with Crippen LogP contribution >= 0.6 is 41.9 Å². The Morgan fingerprint density at radius 3 is 1.34 bits per heavy atom. The summed E-state index contributed by atoms with van der Waals surface area (Å²) in [6, 6.07) is 36.0. The third-order valence-corrected chi connectivity index (χ3v) is 11.1. The van der Waals surface area contributed by atoms with E-state index in [1.54, 1.807) is 102 Å². The summed E-state index contributed by atoms with van der Waals surface area (Å²) in [5.41, 5.74) is 10.5. The van der Waals surface area contributed by atoms with Crippen molar-refractivity contribution < 1.29 is 38.1 Å². The standard InChI is InChI=1S/C20H22N3O4P.C12H11ClN2O3.C8H10O.C7H9N.C4H2Cl2N2/c1-25-15-9-16(26-2)11-17(10-15)27-18-12-20(23-21-13-18)22-14-5-7-19(8-6-14)28(3,4)24;1-16-8-3-9(17-2)5-10(4-8)18-11-6-12(13)15-14-7-11;1-6-3-7(2)5-8(9)4-6;1-6-2-4-7(8)5-3-6;5-3-1-4(6)8-7-2-3/h5-13H,1-4H3,(H,22,23);3-7H,1-2H3;3-5,9H,1-2H3;2-5H,8H2,1H3;1-2H. The van der Waals surface area contributed by atoms with Crippen molar-refractivity contribution in [1.29, 1.82) is 0 Å². The molecule has 0 spiro atoms. The molecule has 372 valence electrons. The van der Waals surface area contributed by atoms with Gasteiger partial charge in [0.1, 0.15) is 47.4 Å². The summed E-state index contributed by atoms with van der Waals surface area (Å²) in [6.07, 6.45) is 4.41. The smallest absolute Gasteiger partial charge is 0.156 e. The molecule has 0 aliphatic carbocycles. The van der Waals surface area contributed by atoms with Crippen molar-refractivity contribution in [3.63, 3.8) is 0 Å². The Bertz CT molecular complexity index is 2840. The largest absolute Gasteiger partial charge is 0.508 e. The predicted octanol–water partition coefficient (Wildman–Crippen LogP) is 12.6. The van der Waals surface area contributed by atoms with Gasteiger partial charge in [0.25, 0.3) is 0 Å².